The van der Waals surface area contributed by atoms with E-state index in [0.717, 1.165) is 31.7 Å². The maximum absolute atomic E-state index is 5.60. The molecule has 0 unspecified atom stereocenters. The standard InChI is InChI=1S/C18H21N3/c1-14(19)20-18-8-6-15(7-9-18)12-21-11-10-16-4-2-3-5-17(16)13-21/h2-9H,10-13H2,1H3,(H2,19,20). The summed E-state index contributed by atoms with van der Waals surface area (Å²) in [4.78, 5) is 6.75. The molecule has 0 atom stereocenters. The number of nitrogens with two attached hydrogens (primary N) is 1. The Morgan fingerprint density at radius 2 is 1.81 bits per heavy atom. The van der Waals surface area contributed by atoms with E-state index >= 15 is 0 Å². The summed E-state index contributed by atoms with van der Waals surface area (Å²) in [5.41, 5.74) is 10.8. The van der Waals surface area contributed by atoms with E-state index in [1.807, 2.05) is 12.1 Å². The van der Waals surface area contributed by atoms with Gasteiger partial charge in [0, 0.05) is 19.6 Å². The van der Waals surface area contributed by atoms with E-state index in [-0.39, 0.29) is 0 Å². The second-order valence-corrected chi connectivity index (χ2v) is 5.65. The van der Waals surface area contributed by atoms with Crippen LogP contribution in [0.3, 0.4) is 0 Å². The summed E-state index contributed by atoms with van der Waals surface area (Å²) in [5.74, 6) is 0.593. The van der Waals surface area contributed by atoms with Crippen LogP contribution in [0.1, 0.15) is 23.6 Å². The summed E-state index contributed by atoms with van der Waals surface area (Å²) in [6, 6.07) is 17.1. The van der Waals surface area contributed by atoms with E-state index in [4.69, 9.17) is 5.73 Å². The molecule has 1 heterocycles. The second kappa shape index (κ2) is 6.10. The zero-order valence-corrected chi connectivity index (χ0v) is 12.4. The lowest BCUT2D eigenvalue weighted by atomic mass is 9.99. The average molecular weight is 279 g/mol. The van der Waals surface area contributed by atoms with Gasteiger partial charge in [-0.15, -0.1) is 0 Å². The molecule has 3 rings (SSSR count). The number of rotatable bonds is 3. The highest BCUT2D eigenvalue weighted by Gasteiger charge is 2.15. The minimum atomic E-state index is 0.593. The summed E-state index contributed by atoms with van der Waals surface area (Å²) in [7, 11) is 0. The Hall–Kier alpha value is -2.13. The number of nitrogens with zero attached hydrogens (tertiary/aromatic N) is 2. The highest BCUT2D eigenvalue weighted by molar-refractivity contribution is 5.80. The molecule has 3 nitrogen and oxygen atoms in total. The molecule has 108 valence electrons. The van der Waals surface area contributed by atoms with E-state index in [9.17, 15) is 0 Å². The van der Waals surface area contributed by atoms with Gasteiger partial charge in [-0.25, -0.2) is 4.99 Å². The summed E-state index contributed by atoms with van der Waals surface area (Å²) >= 11 is 0. The molecule has 0 radical (unpaired) electrons. The molecule has 0 saturated carbocycles. The van der Waals surface area contributed by atoms with Gasteiger partial charge in [-0.3, -0.25) is 4.90 Å². The quantitative estimate of drug-likeness (QED) is 0.692. The van der Waals surface area contributed by atoms with Crippen LogP contribution in [0.5, 0.6) is 0 Å². The lowest BCUT2D eigenvalue weighted by molar-refractivity contribution is 0.245. The first-order valence-electron chi connectivity index (χ1n) is 7.39. The smallest absolute Gasteiger partial charge is 0.0964 e. The van der Waals surface area contributed by atoms with Crippen molar-refractivity contribution in [1.82, 2.24) is 4.90 Å². The third kappa shape index (κ3) is 3.50. The highest BCUT2D eigenvalue weighted by Crippen LogP contribution is 2.21. The summed E-state index contributed by atoms with van der Waals surface area (Å²) in [6.07, 6.45) is 1.14. The lowest BCUT2D eigenvalue weighted by Crippen LogP contribution is -2.29. The van der Waals surface area contributed by atoms with Gasteiger partial charge in [-0.2, -0.15) is 0 Å². The summed E-state index contributed by atoms with van der Waals surface area (Å²) in [5, 5.41) is 0. The van der Waals surface area contributed by atoms with Crippen LogP contribution in [0.2, 0.25) is 0 Å². The van der Waals surface area contributed by atoms with Crippen molar-refractivity contribution in [3.05, 3.63) is 65.2 Å². The molecule has 0 spiro atoms. The molecule has 1 aliphatic rings. The van der Waals surface area contributed by atoms with Crippen LogP contribution in [0.4, 0.5) is 5.69 Å². The minimum Gasteiger partial charge on any atom is -0.387 e. The Labute approximate surface area is 126 Å². The SMILES string of the molecule is CC(N)=Nc1ccc(CN2CCc3ccccc3C2)cc1. The molecule has 2 aromatic carbocycles. The number of amidine groups is 1. The first-order chi connectivity index (χ1) is 10.2. The number of aliphatic imine (C=N–C) groups is 1. The molecule has 0 saturated heterocycles. The van der Waals surface area contributed by atoms with Crippen LogP contribution in [-0.2, 0) is 19.5 Å². The molecule has 0 aromatic heterocycles. The number of hydrogen-bond donors (Lipinski definition) is 1. The van der Waals surface area contributed by atoms with Crippen molar-refractivity contribution < 1.29 is 0 Å². The fraction of sp³-hybridized carbons (Fsp3) is 0.278. The van der Waals surface area contributed by atoms with Gasteiger partial charge in [0.1, 0.15) is 0 Å². The van der Waals surface area contributed by atoms with Crippen LogP contribution >= 0.6 is 0 Å². The third-order valence-corrected chi connectivity index (χ3v) is 3.86. The molecule has 0 bridgehead atoms. The first-order valence-corrected chi connectivity index (χ1v) is 7.39. The largest absolute Gasteiger partial charge is 0.387 e. The molecule has 21 heavy (non-hydrogen) atoms. The van der Waals surface area contributed by atoms with E-state index in [1.165, 1.54) is 16.7 Å². The van der Waals surface area contributed by atoms with Crippen LogP contribution in [0.15, 0.2) is 53.5 Å². The van der Waals surface area contributed by atoms with Crippen molar-refractivity contribution in [3.63, 3.8) is 0 Å². The predicted octanol–water partition coefficient (Wildman–Crippen LogP) is 3.25. The van der Waals surface area contributed by atoms with Crippen LogP contribution < -0.4 is 5.73 Å². The molecular formula is C18H21N3. The maximum atomic E-state index is 5.60. The molecule has 1 aliphatic heterocycles. The molecule has 2 N–H and O–H groups in total. The first kappa shape index (κ1) is 13.8. The molecule has 0 amide bonds. The molecule has 0 fully saturated rings. The van der Waals surface area contributed by atoms with Crippen molar-refractivity contribution in [3.8, 4) is 0 Å². The van der Waals surface area contributed by atoms with Crippen LogP contribution in [-0.4, -0.2) is 17.3 Å². The Kier molecular flexibility index (Phi) is 4.02. The predicted molar refractivity (Wildman–Crippen MR) is 87.7 cm³/mol. The van der Waals surface area contributed by atoms with Crippen molar-refractivity contribution in [2.24, 2.45) is 10.7 Å². The van der Waals surface area contributed by atoms with Gasteiger partial charge in [0.05, 0.1) is 11.5 Å². The number of fused-ring (bicyclic) bond motifs is 1. The normalized spacial score (nSPS) is 15.8. The van der Waals surface area contributed by atoms with Crippen LogP contribution in [0.25, 0.3) is 0 Å². The summed E-state index contributed by atoms with van der Waals surface area (Å²) < 4.78 is 0. The Bertz CT molecular complexity index is 640. The Morgan fingerprint density at radius 3 is 2.52 bits per heavy atom. The van der Waals surface area contributed by atoms with Gasteiger partial charge >= 0.3 is 0 Å². The molecule has 0 aliphatic carbocycles. The van der Waals surface area contributed by atoms with Crippen molar-refractivity contribution in [2.45, 2.75) is 26.4 Å². The molecule has 3 heteroatoms. The highest BCUT2D eigenvalue weighted by atomic mass is 15.1. The monoisotopic (exact) mass is 279 g/mol. The zero-order chi connectivity index (χ0) is 14.7. The second-order valence-electron chi connectivity index (χ2n) is 5.65. The fourth-order valence-corrected chi connectivity index (χ4v) is 2.83. The lowest BCUT2D eigenvalue weighted by Gasteiger charge is -2.28. The van der Waals surface area contributed by atoms with E-state index in [0.29, 0.717) is 5.84 Å². The van der Waals surface area contributed by atoms with E-state index in [2.05, 4.69) is 46.3 Å². The van der Waals surface area contributed by atoms with Gasteiger partial charge in [0.2, 0.25) is 0 Å². The summed E-state index contributed by atoms with van der Waals surface area (Å²) in [6.45, 7) is 4.95. The number of benzene rings is 2. The maximum Gasteiger partial charge on any atom is 0.0964 e. The number of hydrogen-bond acceptors (Lipinski definition) is 2. The van der Waals surface area contributed by atoms with Gasteiger partial charge in [-0.05, 0) is 42.2 Å². The Morgan fingerprint density at radius 1 is 1.10 bits per heavy atom. The van der Waals surface area contributed by atoms with Crippen molar-refractivity contribution in [1.29, 1.82) is 0 Å². The van der Waals surface area contributed by atoms with E-state index in [1.54, 1.807) is 6.92 Å². The van der Waals surface area contributed by atoms with Crippen LogP contribution in [0, 0.1) is 0 Å². The van der Waals surface area contributed by atoms with Gasteiger partial charge < -0.3 is 5.73 Å². The van der Waals surface area contributed by atoms with Crippen molar-refractivity contribution >= 4 is 11.5 Å². The van der Waals surface area contributed by atoms with Gasteiger partial charge in [0.25, 0.3) is 0 Å². The molecular weight excluding hydrogens is 258 g/mol. The minimum absolute atomic E-state index is 0.593. The van der Waals surface area contributed by atoms with Gasteiger partial charge in [-0.1, -0.05) is 36.4 Å². The zero-order valence-electron chi connectivity index (χ0n) is 12.4. The van der Waals surface area contributed by atoms with Crippen molar-refractivity contribution in [2.75, 3.05) is 6.54 Å². The third-order valence-electron chi connectivity index (χ3n) is 3.86. The topological polar surface area (TPSA) is 41.6 Å². The van der Waals surface area contributed by atoms with Gasteiger partial charge in [0.15, 0.2) is 0 Å². The fourth-order valence-electron chi connectivity index (χ4n) is 2.83. The average Bonchev–Trinajstić information content (AvgIpc) is 2.49. The Balaban J connectivity index is 1.67. The van der Waals surface area contributed by atoms with E-state index < -0.39 is 0 Å². The molecule has 2 aromatic rings.